The number of carbonyl (C=O) groups is 1. The lowest BCUT2D eigenvalue weighted by Crippen LogP contribution is -2.42. The Morgan fingerprint density at radius 1 is 1.19 bits per heavy atom. The summed E-state index contributed by atoms with van der Waals surface area (Å²) in [6.45, 7) is 9.61. The van der Waals surface area contributed by atoms with Crippen molar-refractivity contribution in [3.05, 3.63) is 66.2 Å². The van der Waals surface area contributed by atoms with Crippen LogP contribution in [0.5, 0.6) is 11.5 Å². The van der Waals surface area contributed by atoms with Gasteiger partial charge in [0.25, 0.3) is 0 Å². The van der Waals surface area contributed by atoms with Gasteiger partial charge in [-0.25, -0.2) is 8.42 Å². The Kier molecular flexibility index (Phi) is 10.1. The highest BCUT2D eigenvalue weighted by molar-refractivity contribution is 7.89. The zero-order valence-corrected chi connectivity index (χ0v) is 22.7. The zero-order chi connectivity index (χ0) is 27.0. The van der Waals surface area contributed by atoms with Gasteiger partial charge in [0.05, 0.1) is 18.6 Å². The summed E-state index contributed by atoms with van der Waals surface area (Å²) in [5.74, 6) is 0.599. The monoisotopic (exact) mass is 530 g/mol. The average Bonchev–Trinajstić information content (AvgIpc) is 3.42. The molecule has 2 N–H and O–H groups in total. The Morgan fingerprint density at radius 2 is 1.86 bits per heavy atom. The second-order valence-corrected chi connectivity index (χ2v) is 11.8. The van der Waals surface area contributed by atoms with Gasteiger partial charge >= 0.3 is 0 Å². The number of carbonyl (C=O) groups excluding carboxylic acids is 1. The molecule has 2 aromatic rings. The van der Waals surface area contributed by atoms with E-state index in [1.807, 2.05) is 13.8 Å². The molecule has 1 amide bonds. The number of amides is 1. The minimum atomic E-state index is -3.76. The van der Waals surface area contributed by atoms with Crippen molar-refractivity contribution in [2.45, 2.75) is 44.0 Å². The van der Waals surface area contributed by atoms with Crippen LogP contribution < -0.4 is 10.1 Å². The van der Waals surface area contributed by atoms with E-state index in [0.29, 0.717) is 43.9 Å². The standard InChI is InChI=1S/C28H38N2O6S/c1-20(2)18-30(37(33,34)27-11-9-26(35-4)10-12-27)15-13-24(17-22-5-7-25(31)8-6-22)29-28(32)21(3)23-14-16-36-19-23/h5-12,20,23-24,31H,3,13-19H2,1-2,4H3,(H,29,32)/t23-,24-/m1/s1. The fourth-order valence-electron chi connectivity index (χ4n) is 4.33. The smallest absolute Gasteiger partial charge is 0.247 e. The van der Waals surface area contributed by atoms with E-state index in [0.717, 1.165) is 12.0 Å². The minimum absolute atomic E-state index is 0.0118. The summed E-state index contributed by atoms with van der Waals surface area (Å²) in [6.07, 6.45) is 1.65. The van der Waals surface area contributed by atoms with E-state index >= 15 is 0 Å². The van der Waals surface area contributed by atoms with Crippen LogP contribution in [0.1, 0.15) is 32.3 Å². The second-order valence-electron chi connectivity index (χ2n) is 9.85. The first-order chi connectivity index (χ1) is 17.6. The van der Waals surface area contributed by atoms with Crippen LogP contribution in [-0.4, -0.2) is 63.2 Å². The molecule has 1 saturated heterocycles. The van der Waals surface area contributed by atoms with E-state index in [9.17, 15) is 18.3 Å². The molecule has 3 rings (SSSR count). The summed E-state index contributed by atoms with van der Waals surface area (Å²) in [7, 11) is -2.22. The predicted octanol–water partition coefficient (Wildman–Crippen LogP) is 3.76. The first kappa shape index (κ1) is 28.7. The molecule has 0 unspecified atom stereocenters. The van der Waals surface area contributed by atoms with Crippen molar-refractivity contribution < 1.29 is 27.8 Å². The zero-order valence-electron chi connectivity index (χ0n) is 21.9. The molecule has 1 heterocycles. The topological polar surface area (TPSA) is 105 Å². The molecule has 2 atom stereocenters. The van der Waals surface area contributed by atoms with Crippen molar-refractivity contribution in [2.24, 2.45) is 11.8 Å². The van der Waals surface area contributed by atoms with Crippen LogP contribution in [0.2, 0.25) is 0 Å². The molecular weight excluding hydrogens is 492 g/mol. The summed E-state index contributed by atoms with van der Waals surface area (Å²) < 4.78 is 39.1. The van der Waals surface area contributed by atoms with Gasteiger partial charge in [0, 0.05) is 37.2 Å². The summed E-state index contributed by atoms with van der Waals surface area (Å²) in [5, 5.41) is 12.7. The molecule has 0 aromatic heterocycles. The predicted molar refractivity (Wildman–Crippen MR) is 143 cm³/mol. The molecule has 2 aromatic carbocycles. The summed E-state index contributed by atoms with van der Waals surface area (Å²) in [5.41, 5.74) is 1.41. The Bertz CT molecular complexity index is 1140. The highest BCUT2D eigenvalue weighted by Gasteiger charge is 2.28. The van der Waals surface area contributed by atoms with Crippen LogP contribution in [0.3, 0.4) is 0 Å². The summed E-state index contributed by atoms with van der Waals surface area (Å²) in [6, 6.07) is 12.8. The maximum Gasteiger partial charge on any atom is 0.247 e. The first-order valence-corrected chi connectivity index (χ1v) is 14.0. The van der Waals surface area contributed by atoms with Crippen molar-refractivity contribution in [3.8, 4) is 11.5 Å². The third kappa shape index (κ3) is 8.05. The van der Waals surface area contributed by atoms with Crippen LogP contribution in [-0.2, 0) is 26.0 Å². The quantitative estimate of drug-likeness (QED) is 0.382. The highest BCUT2D eigenvalue weighted by Crippen LogP contribution is 2.23. The maximum atomic E-state index is 13.5. The molecule has 37 heavy (non-hydrogen) atoms. The number of phenols is 1. The molecule has 0 spiro atoms. The minimum Gasteiger partial charge on any atom is -0.508 e. The second kappa shape index (κ2) is 13.1. The Labute approximate surface area is 220 Å². The van der Waals surface area contributed by atoms with Gasteiger partial charge in [-0.15, -0.1) is 0 Å². The number of sulfonamides is 1. The fraction of sp³-hybridized carbons (Fsp3) is 0.464. The molecule has 1 aliphatic rings. The normalized spacial score (nSPS) is 16.6. The number of hydrogen-bond acceptors (Lipinski definition) is 6. The van der Waals surface area contributed by atoms with Gasteiger partial charge < -0.3 is 19.9 Å². The SMILES string of the molecule is C=C(C(=O)N[C@H](CCN(CC(C)C)S(=O)(=O)c1ccc(OC)cc1)Cc1ccc(O)cc1)[C@@H]1CCOC1. The Balaban J connectivity index is 1.78. The van der Waals surface area contributed by atoms with Gasteiger partial charge in [-0.05, 0) is 67.1 Å². The molecule has 8 nitrogen and oxygen atoms in total. The molecule has 0 bridgehead atoms. The van der Waals surface area contributed by atoms with Crippen LogP contribution in [0.15, 0.2) is 65.6 Å². The number of nitrogens with one attached hydrogen (secondary N) is 1. The fourth-order valence-corrected chi connectivity index (χ4v) is 5.95. The molecule has 9 heteroatoms. The molecule has 0 aliphatic carbocycles. The van der Waals surface area contributed by atoms with E-state index in [1.165, 1.54) is 11.4 Å². The van der Waals surface area contributed by atoms with Gasteiger partial charge in [-0.3, -0.25) is 4.79 Å². The summed E-state index contributed by atoms with van der Waals surface area (Å²) >= 11 is 0. The number of ether oxygens (including phenoxy) is 2. The average molecular weight is 531 g/mol. The number of hydrogen-bond donors (Lipinski definition) is 2. The molecule has 1 fully saturated rings. The van der Waals surface area contributed by atoms with E-state index in [-0.39, 0.29) is 41.0 Å². The van der Waals surface area contributed by atoms with Gasteiger partial charge in [-0.2, -0.15) is 4.31 Å². The van der Waals surface area contributed by atoms with Crippen LogP contribution in [0, 0.1) is 11.8 Å². The maximum absolute atomic E-state index is 13.5. The summed E-state index contributed by atoms with van der Waals surface area (Å²) in [4.78, 5) is 13.2. The van der Waals surface area contributed by atoms with Gasteiger partial charge in [0.1, 0.15) is 11.5 Å². The van der Waals surface area contributed by atoms with Crippen molar-refractivity contribution in [1.82, 2.24) is 9.62 Å². The number of benzene rings is 2. The number of rotatable bonds is 13. The van der Waals surface area contributed by atoms with Crippen molar-refractivity contribution in [3.63, 3.8) is 0 Å². The van der Waals surface area contributed by atoms with Crippen LogP contribution in [0.4, 0.5) is 0 Å². The van der Waals surface area contributed by atoms with Crippen molar-refractivity contribution in [1.29, 1.82) is 0 Å². The lowest BCUT2D eigenvalue weighted by molar-refractivity contribution is -0.118. The number of nitrogens with zero attached hydrogens (tertiary/aromatic N) is 1. The van der Waals surface area contributed by atoms with E-state index in [1.54, 1.807) is 48.5 Å². The lowest BCUT2D eigenvalue weighted by atomic mass is 9.97. The van der Waals surface area contributed by atoms with Crippen LogP contribution in [0.25, 0.3) is 0 Å². The van der Waals surface area contributed by atoms with Gasteiger partial charge in [0.2, 0.25) is 15.9 Å². The molecule has 1 aliphatic heterocycles. The van der Waals surface area contributed by atoms with E-state index < -0.39 is 10.0 Å². The molecule has 0 radical (unpaired) electrons. The van der Waals surface area contributed by atoms with Gasteiger partial charge in [-0.1, -0.05) is 32.6 Å². The van der Waals surface area contributed by atoms with Crippen molar-refractivity contribution >= 4 is 15.9 Å². The van der Waals surface area contributed by atoms with E-state index in [2.05, 4.69) is 11.9 Å². The lowest BCUT2D eigenvalue weighted by Gasteiger charge is -2.27. The largest absolute Gasteiger partial charge is 0.508 e. The Hall–Kier alpha value is -2.88. The number of aromatic hydroxyl groups is 1. The third-order valence-corrected chi connectivity index (χ3v) is 8.34. The van der Waals surface area contributed by atoms with E-state index in [4.69, 9.17) is 9.47 Å². The van der Waals surface area contributed by atoms with Gasteiger partial charge in [0.15, 0.2) is 0 Å². The molecular formula is C28H38N2O6S. The van der Waals surface area contributed by atoms with Crippen molar-refractivity contribution in [2.75, 3.05) is 33.4 Å². The number of methoxy groups -OCH3 is 1. The molecule has 202 valence electrons. The number of phenolic OH excluding ortho intramolecular Hbond substituents is 1. The molecule has 0 saturated carbocycles. The first-order valence-electron chi connectivity index (χ1n) is 12.6. The van der Waals surface area contributed by atoms with Crippen LogP contribution >= 0.6 is 0 Å². The third-order valence-electron chi connectivity index (χ3n) is 6.46. The highest BCUT2D eigenvalue weighted by atomic mass is 32.2. The Morgan fingerprint density at radius 3 is 2.43 bits per heavy atom.